The summed E-state index contributed by atoms with van der Waals surface area (Å²) in [6.45, 7) is 0. The number of nitrogens with two attached hydrogens (primary N) is 1. The maximum absolute atomic E-state index is 11.3. The van der Waals surface area contributed by atoms with Gasteiger partial charge in [0.2, 0.25) is 10.0 Å². The number of nitro groups is 2. The molecule has 0 bridgehead atoms. The smallest absolute Gasteiger partial charge is 0.272 e. The molecular formula is C13H10ClN5O6S. The number of sulfonamides is 1. The number of rotatable bonds is 6. The molecule has 0 saturated heterocycles. The van der Waals surface area contributed by atoms with E-state index in [-0.39, 0.29) is 16.4 Å². The molecule has 0 spiro atoms. The van der Waals surface area contributed by atoms with Crippen molar-refractivity contribution in [2.75, 3.05) is 5.43 Å². The van der Waals surface area contributed by atoms with Crippen molar-refractivity contribution in [1.82, 2.24) is 0 Å². The number of primary sulfonamides is 1. The molecule has 0 aliphatic rings. The van der Waals surface area contributed by atoms with Gasteiger partial charge < -0.3 is 0 Å². The van der Waals surface area contributed by atoms with E-state index < -0.39 is 30.5 Å². The number of hydrogen-bond acceptors (Lipinski definition) is 8. The van der Waals surface area contributed by atoms with E-state index in [1.54, 1.807) is 0 Å². The van der Waals surface area contributed by atoms with Crippen molar-refractivity contribution < 1.29 is 18.3 Å². The molecule has 13 heteroatoms. The van der Waals surface area contributed by atoms with E-state index in [1.807, 2.05) is 0 Å². The Hall–Kier alpha value is -3.09. The van der Waals surface area contributed by atoms with Gasteiger partial charge in [0.1, 0.15) is 10.7 Å². The Labute approximate surface area is 151 Å². The predicted molar refractivity (Wildman–Crippen MR) is 93.8 cm³/mol. The highest BCUT2D eigenvalue weighted by molar-refractivity contribution is 7.89. The third-order valence-corrected chi connectivity index (χ3v) is 4.29. The highest BCUT2D eigenvalue weighted by Gasteiger charge is 2.19. The van der Waals surface area contributed by atoms with Crippen LogP contribution in [0, 0.1) is 20.2 Å². The lowest BCUT2D eigenvalue weighted by Crippen LogP contribution is -2.12. The van der Waals surface area contributed by atoms with Gasteiger partial charge in [0.25, 0.3) is 11.4 Å². The number of nitro benzene ring substituents is 2. The monoisotopic (exact) mass is 399 g/mol. The van der Waals surface area contributed by atoms with Crippen molar-refractivity contribution in [3.8, 4) is 0 Å². The highest BCUT2D eigenvalue weighted by atomic mass is 35.5. The molecule has 0 aliphatic carbocycles. The molecule has 0 saturated carbocycles. The molecular weight excluding hydrogens is 390 g/mol. The van der Waals surface area contributed by atoms with Gasteiger partial charge in [0.05, 0.1) is 21.0 Å². The van der Waals surface area contributed by atoms with Crippen LogP contribution in [0.3, 0.4) is 0 Å². The molecule has 2 aromatic rings. The van der Waals surface area contributed by atoms with Crippen molar-refractivity contribution in [1.29, 1.82) is 0 Å². The Morgan fingerprint density at radius 2 is 1.73 bits per heavy atom. The maximum Gasteiger partial charge on any atom is 0.295 e. The van der Waals surface area contributed by atoms with Gasteiger partial charge in [-0.1, -0.05) is 17.7 Å². The van der Waals surface area contributed by atoms with Gasteiger partial charge >= 0.3 is 0 Å². The lowest BCUT2D eigenvalue weighted by atomic mass is 10.2. The largest absolute Gasteiger partial charge is 0.295 e. The summed E-state index contributed by atoms with van der Waals surface area (Å²) >= 11 is 5.69. The standard InChI is InChI=1S/C13H10ClN5O6S/c14-10-3-1-8(5-12(10)18(20)21)7-16-17-11-4-2-9(26(15,24)25)6-13(11)19(22)23/h1-7,17H,(H2,15,24,25)/b16-7+. The molecule has 0 aliphatic heterocycles. The summed E-state index contributed by atoms with van der Waals surface area (Å²) in [6, 6.07) is 6.93. The van der Waals surface area contributed by atoms with E-state index in [2.05, 4.69) is 10.5 Å². The third-order valence-electron chi connectivity index (χ3n) is 3.06. The Balaban J connectivity index is 2.29. The first-order valence-electron chi connectivity index (χ1n) is 6.64. The number of hydrazone groups is 1. The molecule has 2 rings (SSSR count). The van der Waals surface area contributed by atoms with E-state index in [4.69, 9.17) is 16.7 Å². The average molecular weight is 400 g/mol. The molecule has 3 N–H and O–H groups in total. The summed E-state index contributed by atoms with van der Waals surface area (Å²) in [5, 5.41) is 30.5. The lowest BCUT2D eigenvalue weighted by Gasteiger charge is -2.04. The fraction of sp³-hybridized carbons (Fsp3) is 0. The summed E-state index contributed by atoms with van der Waals surface area (Å²) < 4.78 is 22.5. The van der Waals surface area contributed by atoms with Crippen LogP contribution in [-0.4, -0.2) is 24.5 Å². The molecule has 0 amide bonds. The van der Waals surface area contributed by atoms with Gasteiger partial charge in [-0.2, -0.15) is 5.10 Å². The van der Waals surface area contributed by atoms with Gasteiger partial charge in [-0.15, -0.1) is 0 Å². The minimum Gasteiger partial charge on any atom is -0.272 e. The van der Waals surface area contributed by atoms with E-state index >= 15 is 0 Å². The van der Waals surface area contributed by atoms with Crippen molar-refractivity contribution in [2.45, 2.75) is 4.90 Å². The number of nitrogens with one attached hydrogen (secondary N) is 1. The van der Waals surface area contributed by atoms with E-state index in [0.29, 0.717) is 5.56 Å². The number of benzene rings is 2. The summed E-state index contributed by atoms with van der Waals surface area (Å²) in [7, 11) is -4.10. The van der Waals surface area contributed by atoms with Crippen LogP contribution < -0.4 is 10.6 Å². The zero-order chi connectivity index (χ0) is 19.5. The Morgan fingerprint density at radius 1 is 1.08 bits per heavy atom. The van der Waals surface area contributed by atoms with Gasteiger partial charge in [0.15, 0.2) is 0 Å². The van der Waals surface area contributed by atoms with Gasteiger partial charge in [0, 0.05) is 17.7 Å². The normalized spacial score (nSPS) is 11.5. The van der Waals surface area contributed by atoms with Crippen LogP contribution in [-0.2, 0) is 10.0 Å². The lowest BCUT2D eigenvalue weighted by molar-refractivity contribution is -0.384. The van der Waals surface area contributed by atoms with Crippen LogP contribution in [0.1, 0.15) is 5.56 Å². The SMILES string of the molecule is NS(=O)(=O)c1ccc(N/N=C/c2ccc(Cl)c([N+](=O)[O-])c2)c([N+](=O)[O-])c1. The Kier molecular flexibility index (Phi) is 5.50. The summed E-state index contributed by atoms with van der Waals surface area (Å²) in [6.07, 6.45) is 1.18. The highest BCUT2D eigenvalue weighted by Crippen LogP contribution is 2.27. The van der Waals surface area contributed by atoms with E-state index in [0.717, 1.165) is 18.2 Å². The fourth-order valence-corrected chi connectivity index (χ4v) is 2.58. The van der Waals surface area contributed by atoms with Gasteiger partial charge in [-0.3, -0.25) is 25.7 Å². The second-order valence-electron chi connectivity index (χ2n) is 4.82. The predicted octanol–water partition coefficient (Wildman–Crippen LogP) is 2.25. The Bertz CT molecular complexity index is 1020. The first kappa shape index (κ1) is 19.2. The van der Waals surface area contributed by atoms with E-state index in [1.165, 1.54) is 24.4 Å². The molecule has 0 aromatic heterocycles. The molecule has 26 heavy (non-hydrogen) atoms. The summed E-state index contributed by atoms with van der Waals surface area (Å²) in [5.41, 5.74) is 1.72. The van der Waals surface area contributed by atoms with Gasteiger partial charge in [-0.25, -0.2) is 13.6 Å². The van der Waals surface area contributed by atoms with Crippen LogP contribution in [0.25, 0.3) is 0 Å². The van der Waals surface area contributed by atoms with Crippen molar-refractivity contribution in [2.24, 2.45) is 10.2 Å². The number of hydrogen-bond donors (Lipinski definition) is 2. The maximum atomic E-state index is 11.3. The number of nitrogens with zero attached hydrogens (tertiary/aromatic N) is 3. The third kappa shape index (κ3) is 4.50. The minimum atomic E-state index is -4.10. The van der Waals surface area contributed by atoms with E-state index in [9.17, 15) is 28.6 Å². The van der Waals surface area contributed by atoms with Crippen molar-refractivity contribution >= 4 is 44.9 Å². The quantitative estimate of drug-likeness (QED) is 0.425. The zero-order valence-electron chi connectivity index (χ0n) is 12.7. The molecule has 0 fully saturated rings. The van der Waals surface area contributed by atoms with Crippen LogP contribution in [0.5, 0.6) is 0 Å². The zero-order valence-corrected chi connectivity index (χ0v) is 14.3. The van der Waals surface area contributed by atoms with Crippen LogP contribution in [0.15, 0.2) is 46.4 Å². The van der Waals surface area contributed by atoms with Gasteiger partial charge in [-0.05, 0) is 18.2 Å². The second-order valence-corrected chi connectivity index (χ2v) is 6.79. The fourth-order valence-electron chi connectivity index (χ4n) is 1.86. The molecule has 11 nitrogen and oxygen atoms in total. The van der Waals surface area contributed by atoms with Crippen LogP contribution in [0.4, 0.5) is 17.1 Å². The average Bonchev–Trinajstić information content (AvgIpc) is 2.55. The molecule has 0 atom stereocenters. The molecule has 0 unspecified atom stereocenters. The minimum absolute atomic E-state index is 0.0469. The first-order chi connectivity index (χ1) is 12.1. The summed E-state index contributed by atoms with van der Waals surface area (Å²) in [4.78, 5) is 20.0. The second kappa shape index (κ2) is 7.43. The topological polar surface area (TPSA) is 171 Å². The number of anilines is 1. The van der Waals surface area contributed by atoms with Crippen molar-refractivity contribution in [3.05, 3.63) is 67.2 Å². The van der Waals surface area contributed by atoms with Crippen LogP contribution >= 0.6 is 11.6 Å². The van der Waals surface area contributed by atoms with Crippen molar-refractivity contribution in [3.63, 3.8) is 0 Å². The first-order valence-corrected chi connectivity index (χ1v) is 8.56. The molecule has 0 radical (unpaired) electrons. The summed E-state index contributed by atoms with van der Waals surface area (Å²) in [5.74, 6) is 0. The molecule has 2 aromatic carbocycles. The van der Waals surface area contributed by atoms with Crippen LogP contribution in [0.2, 0.25) is 5.02 Å². The number of halogens is 1. The Morgan fingerprint density at radius 3 is 2.31 bits per heavy atom. The molecule has 136 valence electrons. The molecule has 0 heterocycles.